The van der Waals surface area contributed by atoms with E-state index in [0.29, 0.717) is 11.5 Å². The molecule has 2 aromatic carbocycles. The van der Waals surface area contributed by atoms with E-state index in [4.69, 9.17) is 9.97 Å². The largest absolute Gasteiger partial charge is 0.352 e. The van der Waals surface area contributed by atoms with Crippen molar-refractivity contribution in [2.75, 3.05) is 5.32 Å². The van der Waals surface area contributed by atoms with E-state index >= 15 is 0 Å². The quantitative estimate of drug-likeness (QED) is 0.297. The molecule has 0 radical (unpaired) electrons. The van der Waals surface area contributed by atoms with Crippen LogP contribution in [0.3, 0.4) is 0 Å². The van der Waals surface area contributed by atoms with Crippen LogP contribution >= 0.6 is 11.3 Å². The third kappa shape index (κ3) is 3.23. The molecule has 0 atom stereocenters. The summed E-state index contributed by atoms with van der Waals surface area (Å²) < 4.78 is 0.997. The molecule has 0 amide bonds. The van der Waals surface area contributed by atoms with E-state index in [1.807, 2.05) is 66.2 Å². The molecule has 8 heteroatoms. The van der Waals surface area contributed by atoms with E-state index in [1.165, 1.54) is 0 Å². The lowest BCUT2D eigenvalue weighted by Crippen LogP contribution is -1.98. The summed E-state index contributed by atoms with van der Waals surface area (Å²) >= 11 is 1.60. The number of H-pyrrole nitrogens is 2. The predicted molar refractivity (Wildman–Crippen MR) is 127 cm³/mol. The van der Waals surface area contributed by atoms with Gasteiger partial charge < -0.3 is 10.3 Å². The van der Waals surface area contributed by atoms with Gasteiger partial charge in [0.2, 0.25) is 0 Å². The summed E-state index contributed by atoms with van der Waals surface area (Å²) in [6, 6.07) is 17.9. The molecule has 0 aliphatic heterocycles. The molecule has 154 valence electrons. The molecule has 6 rings (SSSR count). The zero-order valence-corrected chi connectivity index (χ0v) is 17.5. The molecule has 0 unspecified atom stereocenters. The minimum atomic E-state index is 0.549. The average Bonchev–Trinajstić information content (AvgIpc) is 3.59. The van der Waals surface area contributed by atoms with Gasteiger partial charge in [0.05, 0.1) is 22.1 Å². The van der Waals surface area contributed by atoms with Crippen molar-refractivity contribution in [3.05, 3.63) is 78.1 Å². The van der Waals surface area contributed by atoms with E-state index in [0.717, 1.165) is 55.6 Å². The third-order valence-electron chi connectivity index (χ3n) is 5.31. The van der Waals surface area contributed by atoms with Crippen LogP contribution in [-0.4, -0.2) is 31.4 Å². The highest BCUT2D eigenvalue weighted by Gasteiger charge is 2.12. The van der Waals surface area contributed by atoms with Crippen molar-refractivity contribution >= 4 is 50.2 Å². The molecule has 0 spiro atoms. The molecule has 0 aliphatic rings. The molecule has 0 fully saturated rings. The molecule has 4 heterocycles. The maximum absolute atomic E-state index is 11.1. The summed E-state index contributed by atoms with van der Waals surface area (Å²) in [5.74, 6) is 1.38. The molecule has 32 heavy (non-hydrogen) atoms. The number of nitrogens with one attached hydrogen (secondary N) is 3. The first kappa shape index (κ1) is 18.5. The number of nitrogens with zero attached hydrogens (tertiary/aromatic N) is 3. The van der Waals surface area contributed by atoms with Crippen LogP contribution in [0.5, 0.6) is 0 Å². The number of thiophene rings is 1. The molecule has 0 saturated carbocycles. The molecule has 0 saturated heterocycles. The van der Waals surface area contributed by atoms with E-state index < -0.39 is 0 Å². The van der Waals surface area contributed by atoms with Crippen LogP contribution < -0.4 is 5.32 Å². The number of hydrogen-bond acceptors (Lipinski definition) is 6. The molecule has 0 bridgehead atoms. The second-order valence-electron chi connectivity index (χ2n) is 7.36. The Kier molecular flexibility index (Phi) is 4.29. The number of aromatic nitrogens is 5. The average molecular weight is 437 g/mol. The van der Waals surface area contributed by atoms with Crippen LogP contribution in [0.1, 0.15) is 10.5 Å². The van der Waals surface area contributed by atoms with Gasteiger partial charge in [-0.1, -0.05) is 24.3 Å². The van der Waals surface area contributed by atoms with Crippen LogP contribution in [-0.2, 0) is 0 Å². The lowest BCUT2D eigenvalue weighted by Gasteiger charge is -2.10. The van der Waals surface area contributed by atoms with Gasteiger partial charge in [-0.05, 0) is 41.3 Å². The normalized spacial score (nSPS) is 11.2. The Balaban J connectivity index is 1.38. The van der Waals surface area contributed by atoms with E-state index in [1.54, 1.807) is 17.5 Å². The number of carbonyl (C=O) groups excluding carboxylic acids is 1. The monoisotopic (exact) mass is 436 g/mol. The van der Waals surface area contributed by atoms with Crippen molar-refractivity contribution in [1.29, 1.82) is 0 Å². The maximum atomic E-state index is 11.1. The summed E-state index contributed by atoms with van der Waals surface area (Å²) in [5.41, 5.74) is 6.25. The Morgan fingerprint density at radius 2 is 1.81 bits per heavy atom. The first-order valence-corrected chi connectivity index (χ1v) is 10.8. The van der Waals surface area contributed by atoms with Crippen LogP contribution in [0.25, 0.3) is 43.6 Å². The maximum Gasteiger partial charge on any atom is 0.166 e. The molecule has 6 aromatic rings. The van der Waals surface area contributed by atoms with Crippen molar-refractivity contribution in [2.24, 2.45) is 0 Å². The summed E-state index contributed by atoms with van der Waals surface area (Å²) in [6.07, 6.45) is 4.48. The first-order valence-electron chi connectivity index (χ1n) is 9.97. The molecule has 0 aliphatic carbocycles. The SMILES string of the molecule is O=Cc1cc2ccc(-c3nc(Nc4ccc(-c5cn[nH]c5)cc4)c4sccc4n3)cc2[nH]1. The van der Waals surface area contributed by atoms with Crippen molar-refractivity contribution in [1.82, 2.24) is 25.1 Å². The lowest BCUT2D eigenvalue weighted by atomic mass is 10.1. The van der Waals surface area contributed by atoms with Crippen molar-refractivity contribution in [3.63, 3.8) is 0 Å². The highest BCUT2D eigenvalue weighted by molar-refractivity contribution is 7.17. The number of fused-ring (bicyclic) bond motifs is 2. The van der Waals surface area contributed by atoms with E-state index in [9.17, 15) is 4.79 Å². The van der Waals surface area contributed by atoms with Crippen molar-refractivity contribution in [3.8, 4) is 22.5 Å². The number of carbonyl (C=O) groups is 1. The third-order valence-corrected chi connectivity index (χ3v) is 6.22. The Labute approximate surface area is 186 Å². The Hall–Kier alpha value is -4.30. The summed E-state index contributed by atoms with van der Waals surface area (Å²) in [6.45, 7) is 0. The molecular weight excluding hydrogens is 420 g/mol. The van der Waals surface area contributed by atoms with Crippen molar-refractivity contribution < 1.29 is 4.79 Å². The topological polar surface area (TPSA) is 99.3 Å². The van der Waals surface area contributed by atoms with E-state index in [2.05, 4.69) is 20.5 Å². The smallest absolute Gasteiger partial charge is 0.166 e. The summed E-state index contributed by atoms with van der Waals surface area (Å²) in [4.78, 5) is 23.8. The highest BCUT2D eigenvalue weighted by Crippen LogP contribution is 2.32. The number of benzene rings is 2. The van der Waals surface area contributed by atoms with Crippen LogP contribution in [0, 0.1) is 0 Å². The van der Waals surface area contributed by atoms with Gasteiger partial charge in [0.1, 0.15) is 0 Å². The van der Waals surface area contributed by atoms with Gasteiger partial charge in [0.25, 0.3) is 0 Å². The van der Waals surface area contributed by atoms with Gasteiger partial charge >= 0.3 is 0 Å². The molecule has 4 aromatic heterocycles. The van der Waals surface area contributed by atoms with E-state index in [-0.39, 0.29) is 0 Å². The van der Waals surface area contributed by atoms with Gasteiger partial charge in [-0.25, -0.2) is 9.97 Å². The lowest BCUT2D eigenvalue weighted by molar-refractivity contribution is 0.112. The number of rotatable bonds is 5. The summed E-state index contributed by atoms with van der Waals surface area (Å²) in [7, 11) is 0. The van der Waals surface area contributed by atoms with Gasteiger partial charge in [0.15, 0.2) is 17.9 Å². The minimum absolute atomic E-state index is 0.549. The highest BCUT2D eigenvalue weighted by atomic mass is 32.1. The second-order valence-corrected chi connectivity index (χ2v) is 8.28. The Bertz CT molecular complexity index is 1560. The van der Waals surface area contributed by atoms with Gasteiger partial charge in [-0.3, -0.25) is 9.89 Å². The minimum Gasteiger partial charge on any atom is -0.352 e. The second kappa shape index (κ2) is 7.44. The standard InChI is InChI=1S/C24H16N6OS/c31-13-19-9-15-1-2-16(10-21(15)27-19)23-29-20-7-8-32-22(20)24(30-23)28-18-5-3-14(4-6-18)17-11-25-26-12-17/h1-13,27H,(H,25,26)(H,28,29,30). The molecule has 7 nitrogen and oxygen atoms in total. The Morgan fingerprint density at radius 1 is 0.938 bits per heavy atom. The number of anilines is 2. The van der Waals surface area contributed by atoms with Crippen LogP contribution in [0.2, 0.25) is 0 Å². The Morgan fingerprint density at radius 3 is 2.62 bits per heavy atom. The number of aldehydes is 1. The fraction of sp³-hybridized carbons (Fsp3) is 0. The van der Waals surface area contributed by atoms with Gasteiger partial charge in [-0.15, -0.1) is 11.3 Å². The van der Waals surface area contributed by atoms with Gasteiger partial charge in [-0.2, -0.15) is 5.10 Å². The summed E-state index contributed by atoms with van der Waals surface area (Å²) in [5, 5.41) is 13.3. The van der Waals surface area contributed by atoms with Crippen LogP contribution in [0.4, 0.5) is 11.5 Å². The van der Waals surface area contributed by atoms with Crippen LogP contribution in [0.15, 0.2) is 72.4 Å². The zero-order chi connectivity index (χ0) is 21.5. The fourth-order valence-electron chi connectivity index (χ4n) is 3.72. The zero-order valence-electron chi connectivity index (χ0n) is 16.7. The fourth-order valence-corrected chi connectivity index (χ4v) is 4.50. The molecular formula is C24H16N6OS. The van der Waals surface area contributed by atoms with Gasteiger partial charge in [0, 0.05) is 33.9 Å². The molecule has 3 N–H and O–H groups in total. The first-order chi connectivity index (χ1) is 15.8. The van der Waals surface area contributed by atoms with Crippen molar-refractivity contribution in [2.45, 2.75) is 0 Å². The number of hydrogen-bond donors (Lipinski definition) is 3. The predicted octanol–water partition coefficient (Wildman–Crippen LogP) is 5.79. The number of aromatic amines is 2.